The molecule has 1 N–H and O–H groups in total. The Bertz CT molecular complexity index is 957. The van der Waals surface area contributed by atoms with Gasteiger partial charge in [-0.2, -0.15) is 4.98 Å². The predicted octanol–water partition coefficient (Wildman–Crippen LogP) is 3.21. The third-order valence-electron chi connectivity index (χ3n) is 5.34. The van der Waals surface area contributed by atoms with E-state index in [9.17, 15) is 4.79 Å². The molecule has 7 heteroatoms. The Labute approximate surface area is 170 Å². The number of carbonyl (C=O) groups is 1. The Balaban J connectivity index is 1.55. The Morgan fingerprint density at radius 2 is 2.10 bits per heavy atom. The lowest BCUT2D eigenvalue weighted by atomic mass is 10.0. The van der Waals surface area contributed by atoms with E-state index in [0.29, 0.717) is 5.95 Å². The fourth-order valence-corrected chi connectivity index (χ4v) is 3.86. The van der Waals surface area contributed by atoms with E-state index in [1.165, 1.54) is 0 Å². The Kier molecular flexibility index (Phi) is 5.55. The number of aromatic nitrogens is 4. The number of carbonyl (C=O) groups excluding carboxylic acids is 1. The molecule has 7 nitrogen and oxygen atoms in total. The SMILES string of the molecule is CCC(NC(=O)C1CCCN1c1cc(C)nc(-n2ccnc2)n1)c1ccccc1. The van der Waals surface area contributed by atoms with Crippen molar-refractivity contribution in [2.24, 2.45) is 0 Å². The summed E-state index contributed by atoms with van der Waals surface area (Å²) in [4.78, 5) is 28.5. The lowest BCUT2D eigenvalue weighted by Crippen LogP contribution is -2.45. The number of rotatable bonds is 6. The summed E-state index contributed by atoms with van der Waals surface area (Å²) in [7, 11) is 0. The highest BCUT2D eigenvalue weighted by molar-refractivity contribution is 5.86. The van der Waals surface area contributed by atoms with E-state index in [1.54, 1.807) is 17.1 Å². The van der Waals surface area contributed by atoms with Crippen molar-refractivity contribution in [2.75, 3.05) is 11.4 Å². The maximum atomic E-state index is 13.2. The summed E-state index contributed by atoms with van der Waals surface area (Å²) in [6.07, 6.45) is 7.83. The summed E-state index contributed by atoms with van der Waals surface area (Å²) in [5, 5.41) is 3.24. The summed E-state index contributed by atoms with van der Waals surface area (Å²) >= 11 is 0. The molecule has 3 aromatic rings. The van der Waals surface area contributed by atoms with Gasteiger partial charge in [-0.25, -0.2) is 9.97 Å². The molecule has 2 unspecified atom stereocenters. The highest BCUT2D eigenvalue weighted by atomic mass is 16.2. The number of amides is 1. The van der Waals surface area contributed by atoms with Gasteiger partial charge >= 0.3 is 0 Å². The van der Waals surface area contributed by atoms with Crippen LogP contribution in [0.3, 0.4) is 0 Å². The first-order chi connectivity index (χ1) is 14.2. The van der Waals surface area contributed by atoms with Gasteiger partial charge in [-0.1, -0.05) is 37.3 Å². The van der Waals surface area contributed by atoms with Gasteiger partial charge in [-0.15, -0.1) is 0 Å². The van der Waals surface area contributed by atoms with Gasteiger partial charge in [-0.05, 0) is 31.7 Å². The highest BCUT2D eigenvalue weighted by Crippen LogP contribution is 2.26. The van der Waals surface area contributed by atoms with Crippen LogP contribution in [0.4, 0.5) is 5.82 Å². The Hall–Kier alpha value is -3.22. The van der Waals surface area contributed by atoms with Crippen molar-refractivity contribution in [3.05, 3.63) is 66.4 Å². The molecule has 0 radical (unpaired) electrons. The smallest absolute Gasteiger partial charge is 0.243 e. The van der Waals surface area contributed by atoms with Gasteiger partial charge in [0.2, 0.25) is 11.9 Å². The van der Waals surface area contributed by atoms with E-state index in [2.05, 4.69) is 39.2 Å². The molecule has 0 saturated carbocycles. The molecule has 3 heterocycles. The maximum Gasteiger partial charge on any atom is 0.243 e. The molecule has 2 atom stereocenters. The molecular weight excluding hydrogens is 364 g/mol. The van der Waals surface area contributed by atoms with E-state index in [0.717, 1.165) is 42.9 Å². The maximum absolute atomic E-state index is 13.2. The largest absolute Gasteiger partial charge is 0.348 e. The first-order valence-corrected chi connectivity index (χ1v) is 10.1. The number of benzene rings is 1. The molecule has 0 bridgehead atoms. The zero-order chi connectivity index (χ0) is 20.2. The molecule has 29 heavy (non-hydrogen) atoms. The molecule has 0 spiro atoms. The Morgan fingerprint density at radius 3 is 2.83 bits per heavy atom. The molecule has 1 fully saturated rings. The van der Waals surface area contributed by atoms with Crippen LogP contribution in [0.2, 0.25) is 0 Å². The molecule has 1 amide bonds. The zero-order valence-electron chi connectivity index (χ0n) is 16.8. The highest BCUT2D eigenvalue weighted by Gasteiger charge is 2.33. The average molecular weight is 390 g/mol. The summed E-state index contributed by atoms with van der Waals surface area (Å²) in [5.41, 5.74) is 1.99. The first kappa shape index (κ1) is 19.1. The van der Waals surface area contributed by atoms with Crippen LogP contribution in [0, 0.1) is 6.92 Å². The molecule has 1 aromatic carbocycles. The van der Waals surface area contributed by atoms with Crippen molar-refractivity contribution in [1.82, 2.24) is 24.8 Å². The van der Waals surface area contributed by atoms with Gasteiger partial charge in [0.05, 0.1) is 6.04 Å². The molecule has 1 aliphatic rings. The molecular formula is C22H26N6O. The lowest BCUT2D eigenvalue weighted by molar-refractivity contribution is -0.123. The van der Waals surface area contributed by atoms with Crippen molar-refractivity contribution >= 4 is 11.7 Å². The van der Waals surface area contributed by atoms with Crippen LogP contribution in [0.5, 0.6) is 0 Å². The molecule has 1 aliphatic heterocycles. The third kappa shape index (κ3) is 4.13. The third-order valence-corrected chi connectivity index (χ3v) is 5.34. The van der Waals surface area contributed by atoms with Crippen LogP contribution in [-0.2, 0) is 4.79 Å². The summed E-state index contributed by atoms with van der Waals surface area (Å²) in [6.45, 7) is 4.84. The molecule has 150 valence electrons. The van der Waals surface area contributed by atoms with Crippen LogP contribution in [0.1, 0.15) is 43.5 Å². The van der Waals surface area contributed by atoms with Crippen molar-refractivity contribution < 1.29 is 4.79 Å². The van der Waals surface area contributed by atoms with Crippen LogP contribution in [0.25, 0.3) is 5.95 Å². The van der Waals surface area contributed by atoms with E-state index >= 15 is 0 Å². The van der Waals surface area contributed by atoms with Crippen molar-refractivity contribution in [1.29, 1.82) is 0 Å². The molecule has 1 saturated heterocycles. The summed E-state index contributed by atoms with van der Waals surface area (Å²) < 4.78 is 1.78. The topological polar surface area (TPSA) is 75.9 Å². The molecule has 0 aliphatic carbocycles. The average Bonchev–Trinajstić information content (AvgIpc) is 3.44. The van der Waals surface area contributed by atoms with Crippen molar-refractivity contribution in [2.45, 2.75) is 45.2 Å². The molecule has 4 rings (SSSR count). The second-order valence-electron chi connectivity index (χ2n) is 7.37. The van der Waals surface area contributed by atoms with E-state index in [1.807, 2.05) is 37.4 Å². The minimum absolute atomic E-state index is 0.0137. The van der Waals surface area contributed by atoms with Crippen molar-refractivity contribution in [3.63, 3.8) is 0 Å². The number of hydrogen-bond acceptors (Lipinski definition) is 5. The lowest BCUT2D eigenvalue weighted by Gasteiger charge is -2.27. The van der Waals surface area contributed by atoms with Gasteiger partial charge in [-0.3, -0.25) is 9.36 Å². The normalized spacial score (nSPS) is 17.3. The monoisotopic (exact) mass is 390 g/mol. The number of imidazole rings is 1. The van der Waals surface area contributed by atoms with Crippen LogP contribution in [0.15, 0.2) is 55.1 Å². The zero-order valence-corrected chi connectivity index (χ0v) is 16.8. The standard InChI is InChI=1S/C22H26N6O/c1-3-18(17-8-5-4-6-9-17)25-21(29)19-10-7-12-28(19)20-14-16(2)24-22(26-20)27-13-11-23-15-27/h4-6,8-9,11,13-15,18-19H,3,7,10,12H2,1-2H3,(H,25,29). The number of hydrogen-bond donors (Lipinski definition) is 1. The van der Waals surface area contributed by atoms with Crippen LogP contribution < -0.4 is 10.2 Å². The van der Waals surface area contributed by atoms with Crippen molar-refractivity contribution in [3.8, 4) is 5.95 Å². The quantitative estimate of drug-likeness (QED) is 0.699. The number of nitrogens with zero attached hydrogens (tertiary/aromatic N) is 5. The fourth-order valence-electron chi connectivity index (χ4n) is 3.86. The number of anilines is 1. The van der Waals surface area contributed by atoms with Crippen LogP contribution in [-0.4, -0.2) is 38.0 Å². The van der Waals surface area contributed by atoms with Gasteiger partial charge in [0.25, 0.3) is 0 Å². The van der Waals surface area contributed by atoms with Gasteiger partial charge in [0.1, 0.15) is 18.2 Å². The summed E-state index contributed by atoms with van der Waals surface area (Å²) in [5.74, 6) is 1.41. The van der Waals surface area contributed by atoms with Crippen LogP contribution >= 0.6 is 0 Å². The number of aryl methyl sites for hydroxylation is 1. The minimum atomic E-state index is -0.224. The first-order valence-electron chi connectivity index (χ1n) is 10.1. The fraction of sp³-hybridized carbons (Fsp3) is 0.364. The predicted molar refractivity (Wildman–Crippen MR) is 112 cm³/mol. The van der Waals surface area contributed by atoms with E-state index in [4.69, 9.17) is 4.98 Å². The summed E-state index contributed by atoms with van der Waals surface area (Å²) in [6, 6.07) is 11.9. The number of nitrogens with one attached hydrogen (secondary N) is 1. The van der Waals surface area contributed by atoms with Gasteiger partial charge < -0.3 is 10.2 Å². The van der Waals surface area contributed by atoms with Gasteiger partial charge in [0.15, 0.2) is 0 Å². The second-order valence-corrected chi connectivity index (χ2v) is 7.37. The molecule has 2 aromatic heterocycles. The van der Waals surface area contributed by atoms with E-state index in [-0.39, 0.29) is 18.0 Å². The minimum Gasteiger partial charge on any atom is -0.348 e. The van der Waals surface area contributed by atoms with E-state index < -0.39 is 0 Å². The van der Waals surface area contributed by atoms with Gasteiger partial charge in [0, 0.05) is 30.7 Å². The Morgan fingerprint density at radius 1 is 1.28 bits per heavy atom. The second kappa shape index (κ2) is 8.43.